The highest BCUT2D eigenvalue weighted by Crippen LogP contribution is 2.03. The van der Waals surface area contributed by atoms with E-state index in [2.05, 4.69) is 5.10 Å². The number of hydrogen-bond donors (Lipinski definition) is 0. The summed E-state index contributed by atoms with van der Waals surface area (Å²) in [6.45, 7) is 0. The molecule has 1 aromatic heterocycles. The smallest absolute Gasteiger partial charge is 0.336 e. The number of nitrogens with zero attached hydrogens (tertiary/aromatic N) is 2. The molecule has 0 unspecified atom stereocenters. The number of rotatable bonds is 0. The van der Waals surface area contributed by atoms with Crippen LogP contribution < -0.4 is 5.56 Å². The van der Waals surface area contributed by atoms with E-state index in [4.69, 9.17) is 11.6 Å². The van der Waals surface area contributed by atoms with Crippen molar-refractivity contribution in [1.29, 1.82) is 0 Å². The fourth-order valence-corrected chi connectivity index (χ4v) is 1.14. The summed E-state index contributed by atoms with van der Waals surface area (Å²) in [5, 5.41) is 3.06. The van der Waals surface area contributed by atoms with Crippen LogP contribution in [0.25, 0.3) is 0 Å². The molecule has 0 aliphatic heterocycles. The van der Waals surface area contributed by atoms with Gasteiger partial charge in [0.25, 0.3) is 5.56 Å². The normalized spacial score (nSPS) is 9.80. The minimum Gasteiger partial charge on any atom is -0.336 e. The molecule has 3 nitrogen and oxygen atoms in total. The third-order valence-corrected chi connectivity index (χ3v) is 2.01. The summed E-state index contributed by atoms with van der Waals surface area (Å²) in [4.78, 5) is 10.8. The van der Waals surface area contributed by atoms with Crippen LogP contribution in [0.15, 0.2) is 11.0 Å². The van der Waals surface area contributed by atoms with Crippen molar-refractivity contribution in [1.82, 2.24) is 8.76 Å². The van der Waals surface area contributed by atoms with Gasteiger partial charge in [-0.2, -0.15) is 0 Å². The van der Waals surface area contributed by atoms with Gasteiger partial charge in [0.15, 0.2) is 5.82 Å². The molecule has 6 heteroatoms. The maximum atomic E-state index is 12.4. The van der Waals surface area contributed by atoms with Crippen LogP contribution in [0.2, 0.25) is 5.02 Å². The van der Waals surface area contributed by atoms with E-state index >= 15 is 0 Å². The zero-order valence-electron chi connectivity index (χ0n) is 5.14. The predicted octanol–water partition coefficient (Wildman–Crippen LogP) is -0.568. The molecule has 0 radical (unpaired) electrons. The highest BCUT2D eigenvalue weighted by atomic mass is 35.5. The van der Waals surface area contributed by atoms with E-state index in [1.54, 1.807) is 0 Å². The quantitative estimate of drug-likeness (QED) is 0.497. The molecule has 1 rings (SSSR count). The number of hydrogen-bond acceptors (Lipinski definition) is 2. The zero-order chi connectivity index (χ0) is 7.72. The highest BCUT2D eigenvalue weighted by molar-refractivity contribution is 6.30. The van der Waals surface area contributed by atoms with E-state index in [-0.39, 0.29) is 5.02 Å². The Morgan fingerprint density at radius 3 is 2.90 bits per heavy atom. The molecule has 0 N–H and O–H groups in total. The van der Waals surface area contributed by atoms with E-state index in [0.29, 0.717) is 16.5 Å². The predicted molar refractivity (Wildman–Crippen MR) is 37.4 cm³/mol. The molecule has 0 aromatic carbocycles. The molecular formula is C4H3AlClFN2O. The van der Waals surface area contributed by atoms with Gasteiger partial charge >= 0.3 is 16.5 Å². The third kappa shape index (κ3) is 1.21. The van der Waals surface area contributed by atoms with Gasteiger partial charge in [0, 0.05) is 0 Å². The van der Waals surface area contributed by atoms with Crippen LogP contribution in [0.3, 0.4) is 0 Å². The molecule has 1 heterocycles. The minimum atomic E-state index is -0.765. The molecule has 0 aliphatic rings. The second-order valence-electron chi connectivity index (χ2n) is 1.74. The van der Waals surface area contributed by atoms with Crippen LogP contribution in [-0.2, 0) is 0 Å². The van der Waals surface area contributed by atoms with Crippen LogP contribution in [0, 0.1) is 5.82 Å². The van der Waals surface area contributed by atoms with Gasteiger partial charge in [-0.15, -0.1) is 0 Å². The molecule has 0 spiro atoms. The second-order valence-corrected chi connectivity index (χ2v) is 2.96. The van der Waals surface area contributed by atoms with Gasteiger partial charge < -0.3 is 3.67 Å². The molecule has 0 saturated carbocycles. The van der Waals surface area contributed by atoms with E-state index in [1.807, 2.05) is 0 Å². The monoisotopic (exact) mass is 176 g/mol. The van der Waals surface area contributed by atoms with Crippen LogP contribution in [0.4, 0.5) is 4.39 Å². The van der Waals surface area contributed by atoms with Gasteiger partial charge in [0.05, 0.1) is 6.20 Å². The maximum Gasteiger partial charge on any atom is 0.404 e. The van der Waals surface area contributed by atoms with E-state index in [0.717, 1.165) is 9.86 Å². The first-order chi connectivity index (χ1) is 4.63. The molecule has 1 aromatic rings. The Bertz CT molecular complexity index is 313. The molecule has 0 amide bonds. The fourth-order valence-electron chi connectivity index (χ4n) is 0.491. The zero-order valence-corrected chi connectivity index (χ0v) is 7.89. The summed E-state index contributed by atoms with van der Waals surface area (Å²) in [5.41, 5.74) is -0.562. The molecule has 0 fully saturated rings. The number of aromatic nitrogens is 2. The molecule has 0 saturated heterocycles. The molecule has 0 bridgehead atoms. The highest BCUT2D eigenvalue weighted by Gasteiger charge is 2.03. The second kappa shape index (κ2) is 2.71. The molecule has 0 atom stereocenters. The van der Waals surface area contributed by atoms with Crippen molar-refractivity contribution in [3.05, 3.63) is 27.4 Å². The standard InChI is InChI=1S/C4H2ClFN2O.Al.2H/c5-3-2(6)1-7-8-4(3)9;;;/h1H,(H,8,9);;;/q;+1;;/p-1. The Hall–Kier alpha value is -0.368. The molecule has 0 aliphatic carbocycles. The Labute approximate surface area is 69.1 Å². The van der Waals surface area contributed by atoms with Gasteiger partial charge in [-0.05, 0) is 0 Å². The van der Waals surface area contributed by atoms with E-state index in [1.165, 1.54) is 0 Å². The lowest BCUT2D eigenvalue weighted by Gasteiger charge is -1.96. The summed E-state index contributed by atoms with van der Waals surface area (Å²) < 4.78 is 13.5. The van der Waals surface area contributed by atoms with Gasteiger partial charge in [-0.3, -0.25) is 4.79 Å². The summed E-state index contributed by atoms with van der Waals surface area (Å²) in [7, 11) is 0. The Balaban J connectivity index is 3.50. The summed E-state index contributed by atoms with van der Waals surface area (Å²) in [6.07, 6.45) is 0.927. The lowest BCUT2D eigenvalue weighted by atomic mass is 10.5. The third-order valence-electron chi connectivity index (χ3n) is 1.04. The van der Waals surface area contributed by atoms with Gasteiger partial charge in [0.2, 0.25) is 0 Å². The first kappa shape index (κ1) is 7.74. The first-order valence-electron chi connectivity index (χ1n) is 2.50. The van der Waals surface area contributed by atoms with Crippen LogP contribution in [0.5, 0.6) is 0 Å². The average Bonchev–Trinajstić information content (AvgIpc) is 1.93. The molecule has 10 heavy (non-hydrogen) atoms. The van der Waals surface area contributed by atoms with Crippen LogP contribution >= 0.6 is 11.6 Å². The Kier molecular flexibility index (Phi) is 2.09. The summed E-state index contributed by atoms with van der Waals surface area (Å²) >= 11 is 5.67. The van der Waals surface area contributed by atoms with Crippen molar-refractivity contribution < 1.29 is 4.39 Å². The Morgan fingerprint density at radius 1 is 1.80 bits per heavy atom. The van der Waals surface area contributed by atoms with E-state index in [9.17, 15) is 9.18 Å². The Morgan fingerprint density at radius 2 is 2.40 bits per heavy atom. The van der Waals surface area contributed by atoms with Crippen molar-refractivity contribution in [2.24, 2.45) is 0 Å². The lowest BCUT2D eigenvalue weighted by molar-refractivity contribution is 0.608. The summed E-state index contributed by atoms with van der Waals surface area (Å²) in [5.74, 6) is -0.765. The topological polar surface area (TPSA) is 34.9 Å². The molecular weight excluding hydrogens is 173 g/mol. The van der Waals surface area contributed by atoms with E-state index < -0.39 is 11.4 Å². The van der Waals surface area contributed by atoms with Gasteiger partial charge in [0.1, 0.15) is 5.02 Å². The van der Waals surface area contributed by atoms with Crippen molar-refractivity contribution in [2.45, 2.75) is 0 Å². The van der Waals surface area contributed by atoms with Gasteiger partial charge in [-0.25, -0.2) is 9.49 Å². The van der Waals surface area contributed by atoms with Crippen molar-refractivity contribution in [3.8, 4) is 0 Å². The maximum absolute atomic E-state index is 12.4. The van der Waals surface area contributed by atoms with Gasteiger partial charge in [-0.1, -0.05) is 11.6 Å². The van der Waals surface area contributed by atoms with Crippen molar-refractivity contribution >= 4 is 28.1 Å². The van der Waals surface area contributed by atoms with Crippen LogP contribution in [-0.4, -0.2) is 25.3 Å². The minimum absolute atomic E-state index is 0.384. The lowest BCUT2D eigenvalue weighted by Crippen LogP contribution is -2.22. The van der Waals surface area contributed by atoms with Crippen molar-refractivity contribution in [3.63, 3.8) is 0 Å². The SMILES string of the molecule is O=c1c(Cl)c(F)cn[n]1[AlH2]. The first-order valence-corrected chi connectivity index (χ1v) is 3.77. The number of halogens is 2. The fraction of sp³-hybridized carbons (Fsp3) is 0. The largest absolute Gasteiger partial charge is 0.404 e. The van der Waals surface area contributed by atoms with Crippen LogP contribution in [0.1, 0.15) is 0 Å². The average molecular weight is 177 g/mol. The summed E-state index contributed by atoms with van der Waals surface area (Å²) in [6, 6.07) is 0. The van der Waals surface area contributed by atoms with Crippen molar-refractivity contribution in [2.75, 3.05) is 0 Å². The molecule has 52 valence electrons.